The van der Waals surface area contributed by atoms with E-state index in [4.69, 9.17) is 4.74 Å². The Kier molecular flexibility index (Phi) is 21.2. The molecule has 0 radical (unpaired) electrons. The molecule has 1 unspecified atom stereocenters. The number of hydrogen-bond acceptors (Lipinski definition) is 8. The van der Waals surface area contributed by atoms with E-state index < -0.39 is 47.6 Å². The zero-order chi connectivity index (χ0) is 44.7. The molecule has 0 spiro atoms. The van der Waals surface area contributed by atoms with Crippen molar-refractivity contribution >= 4 is 11.8 Å². The highest BCUT2D eigenvalue weighted by atomic mass is 19.1. The van der Waals surface area contributed by atoms with E-state index in [9.17, 15) is 37.4 Å². The van der Waals surface area contributed by atoms with Crippen LogP contribution in [0.4, 0.5) is 17.6 Å². The Morgan fingerprint density at radius 3 is 1.52 bits per heavy atom. The van der Waals surface area contributed by atoms with Gasteiger partial charge in [-0.1, -0.05) is 66.7 Å². The molecule has 10 nitrogen and oxygen atoms in total. The molecule has 5 rings (SSSR count). The van der Waals surface area contributed by atoms with Gasteiger partial charge in [0.2, 0.25) is 11.8 Å². The molecule has 6 N–H and O–H groups in total. The number of amides is 2. The topological polar surface area (TPSA) is 145 Å². The van der Waals surface area contributed by atoms with Crippen molar-refractivity contribution in [2.24, 2.45) is 0 Å². The number of carbonyl (C=O) groups excluding carboxylic acids is 2. The number of methoxy groups -OCH3 is 1. The van der Waals surface area contributed by atoms with Crippen LogP contribution in [0.15, 0.2) is 121 Å². The lowest BCUT2D eigenvalue weighted by Gasteiger charge is -2.26. The van der Waals surface area contributed by atoms with E-state index >= 15 is 0 Å². The second-order valence-electron chi connectivity index (χ2n) is 15.1. The first kappa shape index (κ1) is 49.1. The summed E-state index contributed by atoms with van der Waals surface area (Å²) in [5.41, 5.74) is 3.61. The van der Waals surface area contributed by atoms with Gasteiger partial charge in [0.1, 0.15) is 23.3 Å². The zero-order valence-electron chi connectivity index (χ0n) is 35.1. The molecule has 0 fully saturated rings. The van der Waals surface area contributed by atoms with Gasteiger partial charge >= 0.3 is 0 Å². The van der Waals surface area contributed by atoms with Crippen molar-refractivity contribution in [3.05, 3.63) is 173 Å². The number of nitrogens with zero attached hydrogens (tertiary/aromatic N) is 1. The average Bonchev–Trinajstić information content (AvgIpc) is 3.24. The lowest BCUT2D eigenvalue weighted by atomic mass is 10.00. The molecule has 4 aromatic carbocycles. The number of carbonyl (C=O) groups is 2. The molecule has 1 heterocycles. The van der Waals surface area contributed by atoms with Gasteiger partial charge in [-0.3, -0.25) is 14.6 Å². The molecular formula is C48H57F4N5O5. The van der Waals surface area contributed by atoms with Gasteiger partial charge in [-0.2, -0.15) is 0 Å². The second kappa shape index (κ2) is 26.7. The largest absolute Gasteiger partial charge is 0.390 e. The van der Waals surface area contributed by atoms with Gasteiger partial charge in [0, 0.05) is 64.0 Å². The van der Waals surface area contributed by atoms with Crippen LogP contribution in [0, 0.1) is 23.3 Å². The first-order valence-electron chi connectivity index (χ1n) is 20.6. The number of aliphatic hydroxyl groups excluding tert-OH is 2. The molecule has 332 valence electrons. The van der Waals surface area contributed by atoms with Gasteiger partial charge < -0.3 is 36.2 Å². The van der Waals surface area contributed by atoms with Crippen molar-refractivity contribution in [1.82, 2.24) is 26.3 Å². The molecule has 1 aromatic heterocycles. The van der Waals surface area contributed by atoms with Crippen LogP contribution in [-0.4, -0.2) is 84.2 Å². The van der Waals surface area contributed by atoms with Crippen LogP contribution in [-0.2, 0) is 46.6 Å². The summed E-state index contributed by atoms with van der Waals surface area (Å²) in [7, 11) is 1.59. The van der Waals surface area contributed by atoms with Crippen molar-refractivity contribution in [3.63, 3.8) is 0 Å². The third-order valence-electron chi connectivity index (χ3n) is 9.82. The molecule has 0 saturated heterocycles. The standard InChI is InChI=1S/C25H27F2N3O2.C23H30F2N2O3/c26-20-12-19(13-21(27)15-20)14-23(24(31)17-28-16-22-8-4-5-11-29-22)30-25(32)10-9-18-6-2-1-3-7-18;1-16(15-30-2)26-14-22(28)21(12-18-10-19(24)13-20(25)11-18)27-23(29)9-8-17-6-4-3-5-7-17/h1-8,11-13,15,23-24,28,31H,9-10,14,16-17H2,(H,30,32);3-7,10-11,13,16,21-22,26,28H,8-9,12,14-15H2,1-2H3,(H,27,29)/t23-,24+;16?,21-,22+/m00/s1. The third-order valence-corrected chi connectivity index (χ3v) is 9.82. The van der Waals surface area contributed by atoms with E-state index in [1.54, 1.807) is 13.3 Å². The van der Waals surface area contributed by atoms with Gasteiger partial charge in [0.25, 0.3) is 0 Å². The number of nitrogens with one attached hydrogen (secondary N) is 4. The Morgan fingerprint density at radius 1 is 0.629 bits per heavy atom. The van der Waals surface area contributed by atoms with Gasteiger partial charge in [-0.15, -0.1) is 0 Å². The normalized spacial score (nSPS) is 13.5. The van der Waals surface area contributed by atoms with Crippen LogP contribution < -0.4 is 21.3 Å². The molecular weight excluding hydrogens is 803 g/mol. The molecule has 5 aromatic rings. The maximum Gasteiger partial charge on any atom is 0.220 e. The molecule has 0 saturated carbocycles. The Balaban J connectivity index is 0.000000273. The number of halogens is 4. The van der Waals surface area contributed by atoms with E-state index in [0.717, 1.165) is 29.0 Å². The summed E-state index contributed by atoms with van der Waals surface area (Å²) < 4.78 is 59.5. The van der Waals surface area contributed by atoms with Crippen molar-refractivity contribution < 1.29 is 42.1 Å². The lowest BCUT2D eigenvalue weighted by molar-refractivity contribution is -0.123. The molecule has 62 heavy (non-hydrogen) atoms. The fourth-order valence-electron chi connectivity index (χ4n) is 6.66. The SMILES string of the molecule is COCC(C)NC[C@@H](O)[C@H](Cc1cc(F)cc(F)c1)NC(=O)CCc1ccccc1.O=C(CCc1ccccc1)N[C@@H](Cc1cc(F)cc(F)c1)[C@H](O)CNCc1ccccn1. The van der Waals surface area contributed by atoms with Crippen LogP contribution in [0.2, 0.25) is 0 Å². The fourth-order valence-corrected chi connectivity index (χ4v) is 6.66. The molecule has 0 bridgehead atoms. The molecule has 0 aliphatic rings. The number of ether oxygens (including phenoxy) is 1. The monoisotopic (exact) mass is 859 g/mol. The molecule has 0 aliphatic carbocycles. The third kappa shape index (κ3) is 19.0. The summed E-state index contributed by atoms with van der Waals surface area (Å²) in [5, 5.41) is 33.3. The maximum atomic E-state index is 13.6. The molecule has 5 atom stereocenters. The minimum absolute atomic E-state index is 0.00527. The van der Waals surface area contributed by atoms with Gasteiger partial charge in [-0.05, 0) is 91.3 Å². The van der Waals surface area contributed by atoms with Crippen LogP contribution >= 0.6 is 0 Å². The lowest BCUT2D eigenvalue weighted by Crippen LogP contribution is -2.50. The highest BCUT2D eigenvalue weighted by Crippen LogP contribution is 2.15. The number of aliphatic hydroxyl groups is 2. The van der Waals surface area contributed by atoms with Crippen molar-refractivity contribution in [2.45, 2.75) is 82.3 Å². The summed E-state index contributed by atoms with van der Waals surface area (Å²) in [4.78, 5) is 29.2. The first-order chi connectivity index (χ1) is 29.9. The first-order valence-corrected chi connectivity index (χ1v) is 20.6. The maximum absolute atomic E-state index is 13.6. The predicted molar refractivity (Wildman–Crippen MR) is 231 cm³/mol. The Hall–Kier alpha value is -5.51. The predicted octanol–water partition coefficient (Wildman–Crippen LogP) is 5.78. The van der Waals surface area contributed by atoms with Crippen molar-refractivity contribution in [2.75, 3.05) is 26.8 Å². The zero-order valence-corrected chi connectivity index (χ0v) is 35.1. The average molecular weight is 860 g/mol. The number of pyridine rings is 1. The van der Waals surface area contributed by atoms with Gasteiger partial charge in [0.05, 0.1) is 36.6 Å². The Bertz CT molecular complexity index is 2030. The van der Waals surface area contributed by atoms with Crippen molar-refractivity contribution in [3.8, 4) is 0 Å². The summed E-state index contributed by atoms with van der Waals surface area (Å²) in [6.45, 7) is 3.20. The van der Waals surface area contributed by atoms with Crippen LogP contribution in [0.3, 0.4) is 0 Å². The highest BCUT2D eigenvalue weighted by molar-refractivity contribution is 5.77. The molecule has 2 amide bonds. The number of aromatic nitrogens is 1. The van der Waals surface area contributed by atoms with E-state index in [0.29, 0.717) is 37.1 Å². The minimum atomic E-state index is -0.967. The number of rotatable bonds is 23. The second-order valence-corrected chi connectivity index (χ2v) is 15.1. The summed E-state index contributed by atoms with van der Waals surface area (Å²) in [6, 6.07) is 29.8. The minimum Gasteiger partial charge on any atom is -0.390 e. The quantitative estimate of drug-likeness (QED) is 0.0454. The van der Waals surface area contributed by atoms with Crippen LogP contribution in [0.1, 0.15) is 47.7 Å². The van der Waals surface area contributed by atoms with Crippen LogP contribution in [0.5, 0.6) is 0 Å². The van der Waals surface area contributed by atoms with E-state index in [1.165, 1.54) is 24.3 Å². The van der Waals surface area contributed by atoms with E-state index in [1.807, 2.05) is 85.8 Å². The highest BCUT2D eigenvalue weighted by Gasteiger charge is 2.24. The van der Waals surface area contributed by atoms with Gasteiger partial charge in [0.15, 0.2) is 0 Å². The number of hydrogen-bond donors (Lipinski definition) is 6. The summed E-state index contributed by atoms with van der Waals surface area (Å²) in [6.07, 6.45) is 1.58. The Labute approximate surface area is 361 Å². The summed E-state index contributed by atoms with van der Waals surface area (Å²) >= 11 is 0. The van der Waals surface area contributed by atoms with E-state index in [2.05, 4.69) is 26.3 Å². The van der Waals surface area contributed by atoms with Crippen molar-refractivity contribution in [1.29, 1.82) is 0 Å². The number of benzene rings is 4. The van der Waals surface area contributed by atoms with Crippen LogP contribution in [0.25, 0.3) is 0 Å². The summed E-state index contributed by atoms with van der Waals surface area (Å²) in [5.74, 6) is -3.25. The fraction of sp³-hybridized carbons (Fsp3) is 0.354. The smallest absolute Gasteiger partial charge is 0.220 e. The molecule has 14 heteroatoms. The van der Waals surface area contributed by atoms with Gasteiger partial charge in [-0.25, -0.2) is 17.6 Å². The van der Waals surface area contributed by atoms with E-state index in [-0.39, 0.29) is 56.6 Å². The number of aryl methyl sites for hydroxylation is 2. The molecule has 0 aliphatic heterocycles. The Morgan fingerprint density at radius 2 is 1.08 bits per heavy atom.